The van der Waals surface area contributed by atoms with E-state index < -0.39 is 0 Å². The molecule has 4 heteroatoms. The number of hydrogen-bond donors (Lipinski definition) is 1. The van der Waals surface area contributed by atoms with Gasteiger partial charge in [0.15, 0.2) is 0 Å². The Morgan fingerprint density at radius 3 is 2.86 bits per heavy atom. The molecule has 0 saturated heterocycles. The molecule has 1 heterocycles. The Morgan fingerprint density at radius 2 is 2.05 bits per heavy atom. The highest BCUT2D eigenvalue weighted by Crippen LogP contribution is 2.37. The number of para-hydroxylation sites is 2. The molecule has 0 aromatic heterocycles. The summed E-state index contributed by atoms with van der Waals surface area (Å²) < 4.78 is 19.8. The quantitative estimate of drug-likeness (QED) is 0.832. The molecule has 2 aromatic carbocycles. The Balaban J connectivity index is 1.98. The normalized spacial score (nSPS) is 17.6. The Bertz CT molecular complexity index is 639. The highest BCUT2D eigenvalue weighted by atomic mass is 35.5. The van der Waals surface area contributed by atoms with Crippen LogP contribution in [-0.2, 0) is 0 Å². The third-order valence-electron chi connectivity index (χ3n) is 3.78. The van der Waals surface area contributed by atoms with Crippen molar-refractivity contribution in [3.8, 4) is 5.75 Å². The van der Waals surface area contributed by atoms with Crippen LogP contribution < -0.4 is 10.1 Å². The molecular weight excluding hydrogens is 289 g/mol. The number of hydrogen-bond acceptors (Lipinski definition) is 2. The van der Waals surface area contributed by atoms with Gasteiger partial charge in [-0.25, -0.2) is 4.39 Å². The van der Waals surface area contributed by atoms with Gasteiger partial charge in [-0.05, 0) is 37.5 Å². The Kier molecular flexibility index (Phi) is 4.02. The van der Waals surface area contributed by atoms with Gasteiger partial charge in [0, 0.05) is 5.56 Å². The Hall–Kier alpha value is -1.74. The lowest BCUT2D eigenvalue weighted by Gasteiger charge is -2.21. The molecule has 1 N–H and O–H groups in total. The van der Waals surface area contributed by atoms with Crippen molar-refractivity contribution >= 4 is 17.3 Å². The number of aryl methyl sites for hydroxylation is 1. The average Bonchev–Trinajstić information content (AvgIpc) is 2.67. The molecule has 0 amide bonds. The van der Waals surface area contributed by atoms with Gasteiger partial charge in [-0.15, -0.1) is 0 Å². The van der Waals surface area contributed by atoms with Gasteiger partial charge < -0.3 is 10.1 Å². The van der Waals surface area contributed by atoms with Gasteiger partial charge in [-0.3, -0.25) is 0 Å². The SMILES string of the molecule is Cc1cccc2c1OCCCC2Nc1c(F)cccc1Cl. The van der Waals surface area contributed by atoms with Crippen molar-refractivity contribution in [2.24, 2.45) is 0 Å². The highest BCUT2D eigenvalue weighted by Gasteiger charge is 2.22. The van der Waals surface area contributed by atoms with Crippen molar-refractivity contribution in [1.82, 2.24) is 0 Å². The van der Waals surface area contributed by atoms with Gasteiger partial charge in [0.1, 0.15) is 11.6 Å². The third kappa shape index (κ3) is 2.84. The lowest BCUT2D eigenvalue weighted by molar-refractivity contribution is 0.314. The standard InChI is InChI=1S/C17H17ClFNO/c1-11-5-2-6-12-15(9-4-10-21-17(11)12)20-16-13(18)7-3-8-14(16)19/h2-3,5-8,15,20H,4,9-10H2,1H3. The van der Waals surface area contributed by atoms with E-state index >= 15 is 0 Å². The van der Waals surface area contributed by atoms with Crippen molar-refractivity contribution in [2.45, 2.75) is 25.8 Å². The maximum absolute atomic E-state index is 14.0. The molecule has 3 rings (SSSR count). The van der Waals surface area contributed by atoms with E-state index in [-0.39, 0.29) is 11.9 Å². The lowest BCUT2D eigenvalue weighted by Crippen LogP contribution is -2.12. The van der Waals surface area contributed by atoms with E-state index in [1.54, 1.807) is 12.1 Å². The van der Waals surface area contributed by atoms with Crippen LogP contribution in [0.2, 0.25) is 5.02 Å². The van der Waals surface area contributed by atoms with E-state index in [0.717, 1.165) is 29.7 Å². The number of halogens is 2. The molecule has 1 unspecified atom stereocenters. The first kappa shape index (κ1) is 14.2. The topological polar surface area (TPSA) is 21.3 Å². The molecule has 0 bridgehead atoms. The molecule has 1 atom stereocenters. The number of nitrogens with one attached hydrogen (secondary N) is 1. The summed E-state index contributed by atoms with van der Waals surface area (Å²) in [5.74, 6) is 0.571. The van der Waals surface area contributed by atoms with Gasteiger partial charge in [0.25, 0.3) is 0 Å². The van der Waals surface area contributed by atoms with Crippen LogP contribution in [0.25, 0.3) is 0 Å². The van der Waals surface area contributed by atoms with E-state index in [1.165, 1.54) is 6.07 Å². The van der Waals surface area contributed by atoms with Crippen molar-refractivity contribution in [3.63, 3.8) is 0 Å². The van der Waals surface area contributed by atoms with E-state index in [4.69, 9.17) is 16.3 Å². The molecule has 21 heavy (non-hydrogen) atoms. The number of benzene rings is 2. The van der Waals surface area contributed by atoms with Crippen LogP contribution in [0, 0.1) is 12.7 Å². The first-order valence-electron chi connectivity index (χ1n) is 7.09. The smallest absolute Gasteiger partial charge is 0.147 e. The van der Waals surface area contributed by atoms with Gasteiger partial charge in [-0.2, -0.15) is 0 Å². The monoisotopic (exact) mass is 305 g/mol. The van der Waals surface area contributed by atoms with Crippen LogP contribution in [0.1, 0.15) is 30.0 Å². The minimum atomic E-state index is -0.332. The number of ether oxygens (including phenoxy) is 1. The molecule has 2 nitrogen and oxygen atoms in total. The van der Waals surface area contributed by atoms with Gasteiger partial charge in [0.05, 0.1) is 23.4 Å². The summed E-state index contributed by atoms with van der Waals surface area (Å²) in [6.45, 7) is 2.71. The van der Waals surface area contributed by atoms with Crippen molar-refractivity contribution in [3.05, 3.63) is 58.4 Å². The summed E-state index contributed by atoms with van der Waals surface area (Å²) in [6.07, 6.45) is 1.79. The molecule has 0 radical (unpaired) electrons. The molecule has 2 aromatic rings. The van der Waals surface area contributed by atoms with Crippen LogP contribution in [0.5, 0.6) is 5.75 Å². The molecule has 1 aliphatic heterocycles. The summed E-state index contributed by atoms with van der Waals surface area (Å²) in [6, 6.07) is 10.8. The lowest BCUT2D eigenvalue weighted by atomic mass is 9.99. The highest BCUT2D eigenvalue weighted by molar-refractivity contribution is 6.33. The average molecular weight is 306 g/mol. The first-order chi connectivity index (χ1) is 10.2. The van der Waals surface area contributed by atoms with Crippen molar-refractivity contribution < 1.29 is 9.13 Å². The fourth-order valence-electron chi connectivity index (χ4n) is 2.72. The predicted octanol–water partition coefficient (Wildman–Crippen LogP) is 5.11. The summed E-state index contributed by atoms with van der Waals surface area (Å²) >= 11 is 6.11. The second-order valence-electron chi connectivity index (χ2n) is 5.28. The Labute approximate surface area is 128 Å². The van der Waals surface area contributed by atoms with E-state index in [2.05, 4.69) is 5.32 Å². The van der Waals surface area contributed by atoms with Crippen LogP contribution in [-0.4, -0.2) is 6.61 Å². The van der Waals surface area contributed by atoms with Crippen LogP contribution in [0.15, 0.2) is 36.4 Å². The van der Waals surface area contributed by atoms with Crippen LogP contribution in [0.4, 0.5) is 10.1 Å². The second-order valence-corrected chi connectivity index (χ2v) is 5.68. The van der Waals surface area contributed by atoms with E-state index in [1.807, 2.05) is 25.1 Å². The molecule has 1 aliphatic rings. The second kappa shape index (κ2) is 5.94. The summed E-state index contributed by atoms with van der Waals surface area (Å²) in [7, 11) is 0. The van der Waals surface area contributed by atoms with Gasteiger partial charge in [0.2, 0.25) is 0 Å². The van der Waals surface area contributed by atoms with Gasteiger partial charge >= 0.3 is 0 Å². The summed E-state index contributed by atoms with van der Waals surface area (Å²) in [5.41, 5.74) is 2.52. The zero-order valence-electron chi connectivity index (χ0n) is 11.8. The molecule has 0 spiro atoms. The minimum absolute atomic E-state index is 0.00296. The number of fused-ring (bicyclic) bond motifs is 1. The molecule has 0 fully saturated rings. The fraction of sp³-hybridized carbons (Fsp3) is 0.294. The van der Waals surface area contributed by atoms with E-state index in [0.29, 0.717) is 17.3 Å². The number of rotatable bonds is 2. The molecule has 0 saturated carbocycles. The fourth-order valence-corrected chi connectivity index (χ4v) is 2.94. The predicted molar refractivity (Wildman–Crippen MR) is 83.7 cm³/mol. The Morgan fingerprint density at radius 1 is 1.24 bits per heavy atom. The molecule has 110 valence electrons. The zero-order valence-corrected chi connectivity index (χ0v) is 12.6. The largest absolute Gasteiger partial charge is 0.493 e. The summed E-state index contributed by atoms with van der Waals surface area (Å²) in [5, 5.41) is 3.65. The maximum Gasteiger partial charge on any atom is 0.147 e. The van der Waals surface area contributed by atoms with E-state index in [9.17, 15) is 4.39 Å². The first-order valence-corrected chi connectivity index (χ1v) is 7.47. The number of anilines is 1. The minimum Gasteiger partial charge on any atom is -0.493 e. The maximum atomic E-state index is 14.0. The molecular formula is C17H17ClFNO. The van der Waals surface area contributed by atoms with Crippen LogP contribution in [0.3, 0.4) is 0 Å². The third-order valence-corrected chi connectivity index (χ3v) is 4.10. The summed E-state index contributed by atoms with van der Waals surface area (Å²) in [4.78, 5) is 0. The van der Waals surface area contributed by atoms with Crippen molar-refractivity contribution in [1.29, 1.82) is 0 Å². The van der Waals surface area contributed by atoms with Crippen molar-refractivity contribution in [2.75, 3.05) is 11.9 Å². The molecule has 0 aliphatic carbocycles. The van der Waals surface area contributed by atoms with Crippen LogP contribution >= 0.6 is 11.6 Å². The van der Waals surface area contributed by atoms with Gasteiger partial charge in [-0.1, -0.05) is 35.9 Å². The zero-order chi connectivity index (χ0) is 14.8.